The maximum absolute atomic E-state index is 12.6. The van der Waals surface area contributed by atoms with Crippen LogP contribution in [0, 0.1) is 20.8 Å². The number of esters is 1. The number of benzene rings is 2. The summed E-state index contributed by atoms with van der Waals surface area (Å²) in [4.78, 5) is 37.3. The molecule has 0 saturated heterocycles. The Balaban J connectivity index is 1.72. The Kier molecular flexibility index (Phi) is 5.93. The Labute approximate surface area is 168 Å². The third-order valence-corrected chi connectivity index (χ3v) is 4.43. The first-order valence-electron chi connectivity index (χ1n) is 9.09. The summed E-state index contributed by atoms with van der Waals surface area (Å²) in [5.74, 6) is -1.34. The molecule has 1 N–H and O–H groups in total. The van der Waals surface area contributed by atoms with Gasteiger partial charge >= 0.3 is 5.97 Å². The van der Waals surface area contributed by atoms with E-state index in [0.29, 0.717) is 5.56 Å². The summed E-state index contributed by atoms with van der Waals surface area (Å²) in [7, 11) is 0. The molecule has 29 heavy (non-hydrogen) atoms. The van der Waals surface area contributed by atoms with Crippen molar-refractivity contribution in [1.29, 1.82) is 0 Å². The second-order valence-electron chi connectivity index (χ2n) is 6.75. The van der Waals surface area contributed by atoms with Crippen molar-refractivity contribution in [2.24, 2.45) is 0 Å². The van der Waals surface area contributed by atoms with E-state index in [4.69, 9.17) is 9.15 Å². The topological polar surface area (TPSA) is 85.6 Å². The summed E-state index contributed by atoms with van der Waals surface area (Å²) < 4.78 is 10.3. The largest absolute Gasteiger partial charge is 0.459 e. The van der Waals surface area contributed by atoms with Crippen molar-refractivity contribution in [2.75, 3.05) is 11.9 Å². The van der Waals surface area contributed by atoms with Gasteiger partial charge in [-0.25, -0.2) is 4.79 Å². The molecule has 0 bridgehead atoms. The van der Waals surface area contributed by atoms with Gasteiger partial charge in [0.2, 0.25) is 5.78 Å². The normalized spacial score (nSPS) is 10.4. The van der Waals surface area contributed by atoms with Crippen LogP contribution in [-0.2, 0) is 4.74 Å². The van der Waals surface area contributed by atoms with Crippen molar-refractivity contribution in [2.45, 2.75) is 20.8 Å². The molecule has 148 valence electrons. The standard InChI is InChI=1S/C23H21NO5/c1-14-11-15(2)21(16(3)12-14)19(25)13-29-23(27)17-7-4-5-8-18(17)24-22(26)20-9-6-10-28-20/h4-12H,13H2,1-3H3,(H,24,26). The molecule has 0 saturated carbocycles. The molecule has 0 atom stereocenters. The van der Waals surface area contributed by atoms with Crippen molar-refractivity contribution >= 4 is 23.3 Å². The molecule has 3 aromatic rings. The average Bonchev–Trinajstić information content (AvgIpc) is 3.20. The quantitative estimate of drug-likeness (QED) is 0.494. The first kappa shape index (κ1) is 20.1. The predicted octanol–water partition coefficient (Wildman–Crippen LogP) is 4.50. The number of nitrogens with one attached hydrogen (secondary N) is 1. The summed E-state index contributed by atoms with van der Waals surface area (Å²) in [5.41, 5.74) is 3.73. The molecule has 1 heterocycles. The minimum atomic E-state index is -0.698. The molecule has 1 aromatic heterocycles. The minimum absolute atomic E-state index is 0.119. The lowest BCUT2D eigenvalue weighted by atomic mass is 9.97. The highest BCUT2D eigenvalue weighted by Gasteiger charge is 2.19. The van der Waals surface area contributed by atoms with Gasteiger partial charge in [-0.2, -0.15) is 0 Å². The summed E-state index contributed by atoms with van der Waals surface area (Å²) >= 11 is 0. The van der Waals surface area contributed by atoms with E-state index in [1.165, 1.54) is 18.4 Å². The number of anilines is 1. The van der Waals surface area contributed by atoms with E-state index < -0.39 is 11.9 Å². The Morgan fingerprint density at radius 2 is 1.66 bits per heavy atom. The lowest BCUT2D eigenvalue weighted by molar-refractivity contribution is 0.0475. The van der Waals surface area contributed by atoms with Gasteiger partial charge in [0, 0.05) is 5.56 Å². The lowest BCUT2D eigenvalue weighted by Gasteiger charge is -2.12. The molecule has 0 radical (unpaired) electrons. The Bertz CT molecular complexity index is 1040. The fraction of sp³-hybridized carbons (Fsp3) is 0.174. The van der Waals surface area contributed by atoms with Crippen LogP contribution in [0.5, 0.6) is 0 Å². The van der Waals surface area contributed by atoms with Gasteiger partial charge in [-0.3, -0.25) is 9.59 Å². The number of hydrogen-bond acceptors (Lipinski definition) is 5. The molecule has 2 aromatic carbocycles. The summed E-state index contributed by atoms with van der Waals surface area (Å²) in [6, 6.07) is 13.4. The molecule has 0 aliphatic heterocycles. The van der Waals surface area contributed by atoms with E-state index in [2.05, 4.69) is 5.32 Å². The number of para-hydroxylation sites is 1. The van der Waals surface area contributed by atoms with E-state index in [0.717, 1.165) is 16.7 Å². The van der Waals surface area contributed by atoms with E-state index in [9.17, 15) is 14.4 Å². The number of rotatable bonds is 6. The SMILES string of the molecule is Cc1cc(C)c(C(=O)COC(=O)c2ccccc2NC(=O)c2ccco2)c(C)c1. The van der Waals surface area contributed by atoms with Crippen LogP contribution in [0.2, 0.25) is 0 Å². The number of amides is 1. The fourth-order valence-electron chi connectivity index (χ4n) is 3.26. The molecule has 0 unspecified atom stereocenters. The van der Waals surface area contributed by atoms with Crippen LogP contribution in [0.1, 0.15) is 48.0 Å². The number of carbonyl (C=O) groups is 3. The monoisotopic (exact) mass is 391 g/mol. The summed E-state index contributed by atoms with van der Waals surface area (Å²) in [5, 5.41) is 2.62. The van der Waals surface area contributed by atoms with Gasteiger partial charge in [0.25, 0.3) is 5.91 Å². The Morgan fingerprint density at radius 3 is 2.31 bits per heavy atom. The van der Waals surface area contributed by atoms with Crippen LogP contribution in [-0.4, -0.2) is 24.3 Å². The van der Waals surface area contributed by atoms with Crippen LogP contribution in [0.4, 0.5) is 5.69 Å². The third-order valence-electron chi connectivity index (χ3n) is 4.43. The van der Waals surface area contributed by atoms with Gasteiger partial charge in [-0.05, 0) is 56.2 Å². The molecule has 3 rings (SSSR count). The first-order chi connectivity index (χ1) is 13.9. The summed E-state index contributed by atoms with van der Waals surface area (Å²) in [6.07, 6.45) is 1.38. The van der Waals surface area contributed by atoms with Crippen molar-refractivity contribution in [3.8, 4) is 0 Å². The van der Waals surface area contributed by atoms with Gasteiger partial charge in [-0.1, -0.05) is 29.8 Å². The maximum atomic E-state index is 12.6. The van der Waals surface area contributed by atoms with Crippen molar-refractivity contribution in [3.05, 3.63) is 88.4 Å². The fourth-order valence-corrected chi connectivity index (χ4v) is 3.26. The third kappa shape index (κ3) is 4.60. The van der Waals surface area contributed by atoms with E-state index >= 15 is 0 Å². The number of ketones is 1. The number of carbonyl (C=O) groups excluding carboxylic acids is 3. The predicted molar refractivity (Wildman–Crippen MR) is 108 cm³/mol. The van der Waals surface area contributed by atoms with E-state index in [-0.39, 0.29) is 29.4 Å². The molecular formula is C23H21NO5. The number of Topliss-reactive ketones (excluding diaryl/α,β-unsaturated/α-hetero) is 1. The molecule has 0 aliphatic carbocycles. The van der Waals surface area contributed by atoms with E-state index in [1.54, 1.807) is 24.3 Å². The number of ether oxygens (including phenoxy) is 1. The van der Waals surface area contributed by atoms with Crippen LogP contribution < -0.4 is 5.32 Å². The average molecular weight is 391 g/mol. The zero-order chi connectivity index (χ0) is 21.0. The zero-order valence-corrected chi connectivity index (χ0v) is 16.4. The van der Waals surface area contributed by atoms with Gasteiger partial charge in [0.05, 0.1) is 17.5 Å². The minimum Gasteiger partial charge on any atom is -0.459 e. The Morgan fingerprint density at radius 1 is 0.966 bits per heavy atom. The highest BCUT2D eigenvalue weighted by atomic mass is 16.5. The molecule has 6 heteroatoms. The number of hydrogen-bond donors (Lipinski definition) is 1. The maximum Gasteiger partial charge on any atom is 0.340 e. The van der Waals surface area contributed by atoms with Crippen molar-refractivity contribution in [1.82, 2.24) is 0 Å². The first-order valence-corrected chi connectivity index (χ1v) is 9.09. The highest BCUT2D eigenvalue weighted by molar-refractivity contribution is 6.07. The van der Waals surface area contributed by atoms with Gasteiger partial charge in [0.15, 0.2) is 12.4 Å². The van der Waals surface area contributed by atoms with E-state index in [1.807, 2.05) is 32.9 Å². The zero-order valence-electron chi connectivity index (χ0n) is 16.4. The molecule has 6 nitrogen and oxygen atoms in total. The van der Waals surface area contributed by atoms with Gasteiger partial charge in [-0.15, -0.1) is 0 Å². The van der Waals surface area contributed by atoms with Crippen LogP contribution in [0.3, 0.4) is 0 Å². The molecule has 0 fully saturated rings. The highest BCUT2D eigenvalue weighted by Crippen LogP contribution is 2.20. The molecule has 1 amide bonds. The Hall–Kier alpha value is -3.67. The van der Waals surface area contributed by atoms with Crippen LogP contribution in [0.15, 0.2) is 59.2 Å². The molecule has 0 aliphatic rings. The number of furan rings is 1. The smallest absolute Gasteiger partial charge is 0.340 e. The lowest BCUT2D eigenvalue weighted by Crippen LogP contribution is -2.19. The van der Waals surface area contributed by atoms with Gasteiger partial charge < -0.3 is 14.5 Å². The second-order valence-corrected chi connectivity index (χ2v) is 6.75. The number of aryl methyl sites for hydroxylation is 3. The van der Waals surface area contributed by atoms with Crippen LogP contribution in [0.25, 0.3) is 0 Å². The van der Waals surface area contributed by atoms with Crippen LogP contribution >= 0.6 is 0 Å². The van der Waals surface area contributed by atoms with Crippen molar-refractivity contribution < 1.29 is 23.5 Å². The molecular weight excluding hydrogens is 370 g/mol. The molecule has 0 spiro atoms. The van der Waals surface area contributed by atoms with Gasteiger partial charge in [0.1, 0.15) is 0 Å². The summed E-state index contributed by atoms with van der Waals surface area (Å²) in [6.45, 7) is 5.29. The second kappa shape index (κ2) is 8.56. The van der Waals surface area contributed by atoms with Crippen molar-refractivity contribution in [3.63, 3.8) is 0 Å².